The summed E-state index contributed by atoms with van der Waals surface area (Å²) in [7, 11) is -4.39. The standard InChI is InChI=1S/C11H16ClNO4S/c1-7(2)10(13-18(15,16)17)11(14)8-5-3-4-6-9(8)12/h3-7,10-11,13-14H,1-2H3,(H,15,16,17)/t10-,11-/m0/s1. The van der Waals surface area contributed by atoms with E-state index in [-0.39, 0.29) is 5.92 Å². The van der Waals surface area contributed by atoms with Crippen LogP contribution in [0.2, 0.25) is 5.02 Å². The summed E-state index contributed by atoms with van der Waals surface area (Å²) in [4.78, 5) is 0. The topological polar surface area (TPSA) is 86.6 Å². The lowest BCUT2D eigenvalue weighted by Gasteiger charge is -2.26. The van der Waals surface area contributed by atoms with E-state index < -0.39 is 22.4 Å². The largest absolute Gasteiger partial charge is 0.387 e. The Kier molecular flexibility index (Phi) is 5.12. The number of aliphatic hydroxyl groups excluding tert-OH is 1. The van der Waals surface area contributed by atoms with Gasteiger partial charge >= 0.3 is 10.3 Å². The van der Waals surface area contributed by atoms with Crippen LogP contribution in [0.3, 0.4) is 0 Å². The van der Waals surface area contributed by atoms with Gasteiger partial charge in [0, 0.05) is 10.6 Å². The molecule has 5 nitrogen and oxygen atoms in total. The van der Waals surface area contributed by atoms with Gasteiger partial charge in [0.1, 0.15) is 0 Å². The average molecular weight is 294 g/mol. The molecule has 0 spiro atoms. The maximum atomic E-state index is 10.9. The van der Waals surface area contributed by atoms with Crippen molar-refractivity contribution in [2.24, 2.45) is 5.92 Å². The number of nitrogens with one attached hydrogen (secondary N) is 1. The zero-order valence-electron chi connectivity index (χ0n) is 10.0. The van der Waals surface area contributed by atoms with Gasteiger partial charge in [-0.15, -0.1) is 0 Å². The molecule has 0 radical (unpaired) electrons. The van der Waals surface area contributed by atoms with Gasteiger partial charge in [-0.25, -0.2) is 0 Å². The van der Waals surface area contributed by atoms with E-state index in [2.05, 4.69) is 0 Å². The van der Waals surface area contributed by atoms with E-state index >= 15 is 0 Å². The number of rotatable bonds is 5. The van der Waals surface area contributed by atoms with Crippen LogP contribution in [-0.2, 0) is 10.3 Å². The molecule has 0 unspecified atom stereocenters. The number of halogens is 1. The molecule has 7 heteroatoms. The van der Waals surface area contributed by atoms with Crippen LogP contribution in [0.5, 0.6) is 0 Å². The van der Waals surface area contributed by atoms with Crippen LogP contribution in [0.1, 0.15) is 25.5 Å². The highest BCUT2D eigenvalue weighted by Gasteiger charge is 2.28. The first-order valence-electron chi connectivity index (χ1n) is 5.39. The van der Waals surface area contributed by atoms with Crippen LogP contribution in [-0.4, -0.2) is 24.1 Å². The fraction of sp³-hybridized carbons (Fsp3) is 0.455. The number of aliphatic hydroxyl groups is 1. The molecule has 0 saturated carbocycles. The molecule has 0 amide bonds. The Hall–Kier alpha value is -0.660. The van der Waals surface area contributed by atoms with Crippen LogP contribution < -0.4 is 4.72 Å². The molecule has 0 aliphatic rings. The van der Waals surface area contributed by atoms with Crippen LogP contribution in [0.15, 0.2) is 24.3 Å². The monoisotopic (exact) mass is 293 g/mol. The predicted molar refractivity (Wildman–Crippen MR) is 69.7 cm³/mol. The van der Waals surface area contributed by atoms with Crippen LogP contribution in [0, 0.1) is 5.92 Å². The molecular weight excluding hydrogens is 278 g/mol. The molecule has 0 fully saturated rings. The fourth-order valence-corrected chi connectivity index (χ4v) is 2.64. The number of hydrogen-bond donors (Lipinski definition) is 3. The molecule has 3 N–H and O–H groups in total. The quantitative estimate of drug-likeness (QED) is 0.722. The van der Waals surface area contributed by atoms with E-state index in [1.54, 1.807) is 38.1 Å². The van der Waals surface area contributed by atoms with Crippen LogP contribution >= 0.6 is 11.6 Å². The van der Waals surface area contributed by atoms with E-state index in [0.29, 0.717) is 10.6 Å². The summed E-state index contributed by atoms with van der Waals surface area (Å²) in [6.07, 6.45) is -1.14. The minimum atomic E-state index is -4.39. The van der Waals surface area contributed by atoms with Crippen molar-refractivity contribution in [3.8, 4) is 0 Å². The highest BCUT2D eigenvalue weighted by Crippen LogP contribution is 2.28. The summed E-state index contributed by atoms with van der Waals surface area (Å²) in [5, 5.41) is 10.5. The Morgan fingerprint density at radius 1 is 1.28 bits per heavy atom. The summed E-state index contributed by atoms with van der Waals surface area (Å²) >= 11 is 5.94. The zero-order valence-corrected chi connectivity index (χ0v) is 11.6. The first kappa shape index (κ1) is 15.4. The zero-order chi connectivity index (χ0) is 13.9. The molecule has 18 heavy (non-hydrogen) atoms. The van der Waals surface area contributed by atoms with Crippen molar-refractivity contribution in [3.63, 3.8) is 0 Å². The third-order valence-electron chi connectivity index (χ3n) is 2.57. The lowest BCUT2D eigenvalue weighted by atomic mass is 9.94. The fourth-order valence-electron chi connectivity index (χ4n) is 1.65. The van der Waals surface area contributed by atoms with E-state index in [1.807, 2.05) is 4.72 Å². The van der Waals surface area contributed by atoms with Crippen LogP contribution in [0.4, 0.5) is 0 Å². The first-order valence-corrected chi connectivity index (χ1v) is 7.21. The Labute approximate surface area is 112 Å². The molecule has 1 rings (SSSR count). The van der Waals surface area contributed by atoms with E-state index in [9.17, 15) is 13.5 Å². The first-order chi connectivity index (χ1) is 8.22. The van der Waals surface area contributed by atoms with Crippen molar-refractivity contribution in [2.75, 3.05) is 0 Å². The van der Waals surface area contributed by atoms with Gasteiger partial charge in [-0.2, -0.15) is 13.1 Å². The van der Waals surface area contributed by atoms with E-state index in [4.69, 9.17) is 16.2 Å². The number of hydrogen-bond acceptors (Lipinski definition) is 3. The molecule has 1 aromatic rings. The van der Waals surface area contributed by atoms with Crippen molar-refractivity contribution >= 4 is 21.9 Å². The number of benzene rings is 1. The summed E-state index contributed by atoms with van der Waals surface area (Å²) in [6.45, 7) is 3.45. The maximum absolute atomic E-state index is 10.9. The normalized spacial score (nSPS) is 15.7. The van der Waals surface area contributed by atoms with Gasteiger partial charge in [-0.05, 0) is 12.0 Å². The lowest BCUT2D eigenvalue weighted by Crippen LogP contribution is -2.42. The summed E-state index contributed by atoms with van der Waals surface area (Å²) in [6, 6.07) is 5.74. The molecule has 0 aliphatic carbocycles. The van der Waals surface area contributed by atoms with Gasteiger partial charge in [0.25, 0.3) is 0 Å². The third kappa shape index (κ3) is 4.22. The summed E-state index contributed by atoms with van der Waals surface area (Å²) in [5.74, 6) is -0.224. The highest BCUT2D eigenvalue weighted by molar-refractivity contribution is 7.83. The lowest BCUT2D eigenvalue weighted by molar-refractivity contribution is 0.116. The molecule has 2 atom stereocenters. The van der Waals surface area contributed by atoms with Crippen molar-refractivity contribution in [1.29, 1.82) is 0 Å². The minimum Gasteiger partial charge on any atom is -0.387 e. The van der Waals surface area contributed by atoms with Crippen molar-refractivity contribution in [3.05, 3.63) is 34.9 Å². The average Bonchev–Trinajstić information content (AvgIpc) is 2.24. The molecule has 0 saturated heterocycles. The molecule has 102 valence electrons. The Balaban J connectivity index is 3.04. The maximum Gasteiger partial charge on any atom is 0.333 e. The van der Waals surface area contributed by atoms with E-state index in [0.717, 1.165) is 0 Å². The Morgan fingerprint density at radius 2 is 1.83 bits per heavy atom. The highest BCUT2D eigenvalue weighted by atomic mass is 35.5. The molecule has 0 aliphatic heterocycles. The predicted octanol–water partition coefficient (Wildman–Crippen LogP) is 1.79. The Morgan fingerprint density at radius 3 is 2.28 bits per heavy atom. The smallest absolute Gasteiger partial charge is 0.333 e. The van der Waals surface area contributed by atoms with Crippen molar-refractivity contribution < 1.29 is 18.1 Å². The summed E-state index contributed by atoms with van der Waals surface area (Å²) < 4.78 is 32.6. The van der Waals surface area contributed by atoms with E-state index in [1.165, 1.54) is 0 Å². The van der Waals surface area contributed by atoms with Gasteiger partial charge in [0.2, 0.25) is 0 Å². The molecular formula is C11H16ClNO4S. The molecule has 0 aromatic heterocycles. The second kappa shape index (κ2) is 5.99. The van der Waals surface area contributed by atoms with Crippen LogP contribution in [0.25, 0.3) is 0 Å². The van der Waals surface area contributed by atoms with Crippen molar-refractivity contribution in [1.82, 2.24) is 4.72 Å². The van der Waals surface area contributed by atoms with Gasteiger partial charge in [-0.1, -0.05) is 43.6 Å². The SMILES string of the molecule is CC(C)[C@H](NS(=O)(=O)O)[C@@H](O)c1ccccc1Cl. The van der Waals surface area contributed by atoms with Crippen molar-refractivity contribution in [2.45, 2.75) is 26.0 Å². The third-order valence-corrected chi connectivity index (χ3v) is 3.48. The molecule has 0 bridgehead atoms. The van der Waals surface area contributed by atoms with Gasteiger partial charge in [-0.3, -0.25) is 4.55 Å². The Bertz CT molecular complexity index is 504. The minimum absolute atomic E-state index is 0.224. The molecule has 0 heterocycles. The van der Waals surface area contributed by atoms with Gasteiger partial charge in [0.05, 0.1) is 12.1 Å². The van der Waals surface area contributed by atoms with Gasteiger partial charge in [0.15, 0.2) is 0 Å². The second-order valence-corrected chi connectivity index (χ2v) is 5.92. The van der Waals surface area contributed by atoms with Gasteiger partial charge < -0.3 is 5.11 Å². The summed E-state index contributed by atoms with van der Waals surface area (Å²) in [5.41, 5.74) is 0.411. The second-order valence-electron chi connectivity index (χ2n) is 4.33. The molecule has 1 aromatic carbocycles.